The number of Topliss-reactive ketones (excluding diaryl/α,β-unsaturated/α-hetero) is 1. The third-order valence-corrected chi connectivity index (χ3v) is 2.58. The fourth-order valence-electron chi connectivity index (χ4n) is 1.95. The average Bonchev–Trinajstić information content (AvgIpc) is 2.45. The molecule has 2 heteroatoms. The van der Waals surface area contributed by atoms with E-state index >= 15 is 0 Å². The van der Waals surface area contributed by atoms with Crippen molar-refractivity contribution in [3.05, 3.63) is 35.5 Å². The van der Waals surface area contributed by atoms with Crippen LogP contribution in [0, 0.1) is 6.92 Å². The second-order valence-corrected chi connectivity index (χ2v) is 3.68. The van der Waals surface area contributed by atoms with E-state index in [2.05, 4.69) is 13.0 Å². The van der Waals surface area contributed by atoms with Gasteiger partial charge in [-0.2, -0.15) is 0 Å². The summed E-state index contributed by atoms with van der Waals surface area (Å²) in [5.41, 5.74) is 3.17. The molecule has 0 saturated heterocycles. The highest BCUT2D eigenvalue weighted by Crippen LogP contribution is 2.23. The van der Waals surface area contributed by atoms with Gasteiger partial charge >= 0.3 is 0 Å². The van der Waals surface area contributed by atoms with E-state index < -0.39 is 0 Å². The molecule has 2 aromatic rings. The molecule has 2 nitrogen and oxygen atoms in total. The summed E-state index contributed by atoms with van der Waals surface area (Å²) in [5.74, 6) is 0.126. The molecule has 0 aliphatic heterocycles. The van der Waals surface area contributed by atoms with Crippen molar-refractivity contribution >= 4 is 16.7 Å². The summed E-state index contributed by atoms with van der Waals surface area (Å²) in [7, 11) is 1.97. The molecule has 0 aliphatic carbocycles. The lowest BCUT2D eigenvalue weighted by Crippen LogP contribution is -1.88. The van der Waals surface area contributed by atoms with Crippen LogP contribution in [0.5, 0.6) is 0 Å². The van der Waals surface area contributed by atoms with E-state index in [0.29, 0.717) is 0 Å². The Kier molecular flexibility index (Phi) is 1.92. The van der Waals surface area contributed by atoms with Crippen molar-refractivity contribution in [3.8, 4) is 0 Å². The summed E-state index contributed by atoms with van der Waals surface area (Å²) >= 11 is 0. The van der Waals surface area contributed by atoms with Crippen molar-refractivity contribution in [2.45, 2.75) is 13.8 Å². The van der Waals surface area contributed by atoms with Gasteiger partial charge in [0, 0.05) is 24.2 Å². The molecule has 0 unspecified atom stereocenters. The fraction of sp³-hybridized carbons (Fsp3) is 0.250. The zero-order valence-electron chi connectivity index (χ0n) is 8.66. The topological polar surface area (TPSA) is 22.0 Å². The third-order valence-electron chi connectivity index (χ3n) is 2.58. The summed E-state index contributed by atoms with van der Waals surface area (Å²) in [6.45, 7) is 3.67. The summed E-state index contributed by atoms with van der Waals surface area (Å²) in [4.78, 5) is 11.4. The van der Waals surface area contributed by atoms with Gasteiger partial charge in [0.1, 0.15) is 0 Å². The van der Waals surface area contributed by atoms with Gasteiger partial charge in [0.05, 0.1) is 5.52 Å². The maximum absolute atomic E-state index is 11.4. The molecule has 0 spiro atoms. The second kappa shape index (κ2) is 2.98. The molecule has 0 N–H and O–H groups in total. The SMILES string of the molecule is CC(=O)c1cn(C)c2c(C)cccc12. The van der Waals surface area contributed by atoms with Gasteiger partial charge < -0.3 is 4.57 Å². The van der Waals surface area contributed by atoms with E-state index in [4.69, 9.17) is 0 Å². The van der Waals surface area contributed by atoms with Gasteiger partial charge in [0.25, 0.3) is 0 Å². The van der Waals surface area contributed by atoms with Crippen LogP contribution in [0.25, 0.3) is 10.9 Å². The summed E-state index contributed by atoms with van der Waals surface area (Å²) < 4.78 is 2.02. The van der Waals surface area contributed by atoms with Crippen LogP contribution in [0.1, 0.15) is 22.8 Å². The minimum atomic E-state index is 0.126. The summed E-state index contributed by atoms with van der Waals surface area (Å²) in [5, 5.41) is 1.06. The number of hydrogen-bond donors (Lipinski definition) is 0. The molecule has 1 heterocycles. The zero-order chi connectivity index (χ0) is 10.3. The lowest BCUT2D eigenvalue weighted by Gasteiger charge is -1.99. The Bertz CT molecular complexity index is 508. The Morgan fingerprint density at radius 3 is 2.71 bits per heavy atom. The lowest BCUT2D eigenvalue weighted by molar-refractivity contribution is 0.101. The van der Waals surface area contributed by atoms with E-state index in [1.807, 2.05) is 29.9 Å². The first-order valence-corrected chi connectivity index (χ1v) is 4.67. The molecule has 14 heavy (non-hydrogen) atoms. The molecular formula is C12H13NO. The van der Waals surface area contributed by atoms with E-state index in [9.17, 15) is 4.79 Å². The molecule has 0 amide bonds. The predicted octanol–water partition coefficient (Wildman–Crippen LogP) is 2.69. The van der Waals surface area contributed by atoms with Crippen LogP contribution in [0.15, 0.2) is 24.4 Å². The van der Waals surface area contributed by atoms with Crippen LogP contribution in [0.2, 0.25) is 0 Å². The standard InChI is InChI=1S/C12H13NO/c1-8-5-4-6-10-11(9(2)14)7-13(3)12(8)10/h4-7H,1-3H3. The highest BCUT2D eigenvalue weighted by molar-refractivity contribution is 6.07. The average molecular weight is 187 g/mol. The molecule has 0 bridgehead atoms. The predicted molar refractivity (Wildman–Crippen MR) is 57.7 cm³/mol. The van der Waals surface area contributed by atoms with Crippen LogP contribution < -0.4 is 0 Å². The number of fused-ring (bicyclic) bond motifs is 1. The van der Waals surface area contributed by atoms with Crippen molar-refractivity contribution in [1.29, 1.82) is 0 Å². The highest BCUT2D eigenvalue weighted by atomic mass is 16.1. The van der Waals surface area contributed by atoms with Crippen molar-refractivity contribution in [1.82, 2.24) is 4.57 Å². The molecule has 0 radical (unpaired) electrons. The Balaban J connectivity index is 2.91. The number of benzene rings is 1. The second-order valence-electron chi connectivity index (χ2n) is 3.68. The van der Waals surface area contributed by atoms with Gasteiger partial charge in [0.15, 0.2) is 5.78 Å². The van der Waals surface area contributed by atoms with Gasteiger partial charge in [-0.05, 0) is 19.4 Å². The molecule has 0 saturated carbocycles. The summed E-state index contributed by atoms with van der Waals surface area (Å²) in [6.07, 6.45) is 1.90. The quantitative estimate of drug-likeness (QED) is 0.629. The Morgan fingerprint density at radius 2 is 2.07 bits per heavy atom. The van der Waals surface area contributed by atoms with Gasteiger partial charge in [-0.25, -0.2) is 0 Å². The van der Waals surface area contributed by atoms with Gasteiger partial charge in [-0.1, -0.05) is 18.2 Å². The molecule has 2 rings (SSSR count). The van der Waals surface area contributed by atoms with Crippen molar-refractivity contribution in [3.63, 3.8) is 0 Å². The largest absolute Gasteiger partial charge is 0.350 e. The molecular weight excluding hydrogens is 174 g/mol. The normalized spacial score (nSPS) is 10.8. The molecule has 72 valence electrons. The zero-order valence-corrected chi connectivity index (χ0v) is 8.66. The van der Waals surface area contributed by atoms with Crippen LogP contribution in [-0.4, -0.2) is 10.4 Å². The Labute approximate surface area is 83.2 Å². The van der Waals surface area contributed by atoms with Gasteiger partial charge in [-0.3, -0.25) is 4.79 Å². The van der Waals surface area contributed by atoms with Crippen LogP contribution in [0.4, 0.5) is 0 Å². The molecule has 0 aliphatic rings. The first kappa shape index (κ1) is 9.00. The summed E-state index contributed by atoms with van der Waals surface area (Å²) in [6, 6.07) is 6.05. The monoisotopic (exact) mass is 187 g/mol. The maximum Gasteiger partial charge on any atom is 0.161 e. The number of hydrogen-bond acceptors (Lipinski definition) is 1. The first-order chi connectivity index (χ1) is 6.61. The van der Waals surface area contributed by atoms with Gasteiger partial charge in [0.2, 0.25) is 0 Å². The van der Waals surface area contributed by atoms with Crippen LogP contribution in [-0.2, 0) is 7.05 Å². The number of nitrogens with zero attached hydrogens (tertiary/aromatic N) is 1. The van der Waals surface area contributed by atoms with Crippen LogP contribution >= 0.6 is 0 Å². The molecule has 1 aromatic heterocycles. The van der Waals surface area contributed by atoms with E-state index in [1.54, 1.807) is 6.92 Å². The smallest absolute Gasteiger partial charge is 0.161 e. The molecule has 0 atom stereocenters. The minimum absolute atomic E-state index is 0.126. The number of aryl methyl sites for hydroxylation is 2. The number of rotatable bonds is 1. The number of aromatic nitrogens is 1. The molecule has 1 aromatic carbocycles. The van der Waals surface area contributed by atoms with Crippen molar-refractivity contribution < 1.29 is 4.79 Å². The number of para-hydroxylation sites is 1. The first-order valence-electron chi connectivity index (χ1n) is 4.67. The minimum Gasteiger partial charge on any atom is -0.350 e. The van der Waals surface area contributed by atoms with Crippen LogP contribution in [0.3, 0.4) is 0 Å². The van der Waals surface area contributed by atoms with Crippen molar-refractivity contribution in [2.75, 3.05) is 0 Å². The fourth-order valence-corrected chi connectivity index (χ4v) is 1.95. The van der Waals surface area contributed by atoms with E-state index in [1.165, 1.54) is 5.56 Å². The Morgan fingerprint density at radius 1 is 1.36 bits per heavy atom. The molecule has 0 fully saturated rings. The third kappa shape index (κ3) is 1.15. The van der Waals surface area contributed by atoms with E-state index in [0.717, 1.165) is 16.5 Å². The maximum atomic E-state index is 11.4. The number of carbonyl (C=O) groups is 1. The number of carbonyl (C=O) groups excluding carboxylic acids is 1. The highest BCUT2D eigenvalue weighted by Gasteiger charge is 2.10. The number of ketones is 1. The lowest BCUT2D eigenvalue weighted by atomic mass is 10.1. The van der Waals surface area contributed by atoms with Crippen molar-refractivity contribution in [2.24, 2.45) is 7.05 Å². The van der Waals surface area contributed by atoms with Gasteiger partial charge in [-0.15, -0.1) is 0 Å². The Hall–Kier alpha value is -1.57. The van der Waals surface area contributed by atoms with E-state index in [-0.39, 0.29) is 5.78 Å².